The third-order valence-corrected chi connectivity index (χ3v) is 3.71. The van der Waals surface area contributed by atoms with Gasteiger partial charge in [-0.15, -0.1) is 11.3 Å². The molecule has 0 aliphatic carbocycles. The number of thiazole rings is 1. The summed E-state index contributed by atoms with van der Waals surface area (Å²) in [5.74, 6) is -0.109. The molecule has 2 rings (SSSR count). The van der Waals surface area contributed by atoms with Crippen LogP contribution < -0.4 is 5.32 Å². The zero-order valence-corrected chi connectivity index (χ0v) is 10.7. The van der Waals surface area contributed by atoms with Crippen molar-refractivity contribution < 1.29 is 9.59 Å². The van der Waals surface area contributed by atoms with Gasteiger partial charge in [0.25, 0.3) is 0 Å². The van der Waals surface area contributed by atoms with Crippen LogP contribution >= 0.6 is 11.3 Å². The van der Waals surface area contributed by atoms with Crippen LogP contribution in [-0.4, -0.2) is 33.8 Å². The molecule has 0 bridgehead atoms. The third-order valence-electron chi connectivity index (χ3n) is 2.94. The summed E-state index contributed by atoms with van der Waals surface area (Å²) < 4.78 is 0. The summed E-state index contributed by atoms with van der Waals surface area (Å²) in [6.45, 7) is 4.05. The molecule has 1 N–H and O–H groups in total. The van der Waals surface area contributed by atoms with Gasteiger partial charge >= 0.3 is 0 Å². The van der Waals surface area contributed by atoms with Crippen molar-refractivity contribution in [3.8, 4) is 0 Å². The van der Waals surface area contributed by atoms with Crippen LogP contribution in [0, 0.1) is 0 Å². The normalized spacial score (nSPS) is 24.9. The molecule has 0 radical (unpaired) electrons. The molecular formula is C11H15N3O2S. The third kappa shape index (κ3) is 2.31. The Kier molecular flexibility index (Phi) is 3.42. The Bertz CT molecular complexity index is 418. The Hall–Kier alpha value is -1.43. The van der Waals surface area contributed by atoms with Crippen LogP contribution in [0.2, 0.25) is 0 Å². The molecule has 92 valence electrons. The van der Waals surface area contributed by atoms with E-state index in [-0.39, 0.29) is 11.8 Å². The highest BCUT2D eigenvalue weighted by atomic mass is 32.1. The first-order chi connectivity index (χ1) is 8.13. The number of amides is 2. The SMILES string of the molecule is CCC1NC(=O)C(C)N(Cc2nccs2)C1=O. The minimum Gasteiger partial charge on any atom is -0.343 e. The molecule has 0 aromatic carbocycles. The fraction of sp³-hybridized carbons (Fsp3) is 0.545. The van der Waals surface area contributed by atoms with Crippen molar-refractivity contribution in [1.29, 1.82) is 0 Å². The molecule has 5 nitrogen and oxygen atoms in total. The molecule has 2 heterocycles. The Morgan fingerprint density at radius 1 is 1.53 bits per heavy atom. The quantitative estimate of drug-likeness (QED) is 0.865. The lowest BCUT2D eigenvalue weighted by atomic mass is 10.1. The van der Waals surface area contributed by atoms with Gasteiger partial charge in [-0.1, -0.05) is 6.92 Å². The second kappa shape index (κ2) is 4.83. The number of nitrogens with zero attached hydrogens (tertiary/aromatic N) is 2. The molecule has 1 aromatic rings. The molecule has 1 aromatic heterocycles. The van der Waals surface area contributed by atoms with Crippen molar-refractivity contribution in [1.82, 2.24) is 15.2 Å². The van der Waals surface area contributed by atoms with E-state index in [1.165, 1.54) is 11.3 Å². The second-order valence-corrected chi connectivity index (χ2v) is 5.02. The average molecular weight is 253 g/mol. The van der Waals surface area contributed by atoms with Crippen LogP contribution in [0.4, 0.5) is 0 Å². The minimum absolute atomic E-state index is 0.0187. The summed E-state index contributed by atoms with van der Waals surface area (Å²) in [6, 6.07) is -0.812. The van der Waals surface area contributed by atoms with E-state index in [1.54, 1.807) is 18.0 Å². The zero-order valence-electron chi connectivity index (χ0n) is 9.84. The minimum atomic E-state index is -0.422. The smallest absolute Gasteiger partial charge is 0.246 e. The highest BCUT2D eigenvalue weighted by molar-refractivity contribution is 7.09. The van der Waals surface area contributed by atoms with Gasteiger partial charge in [-0.25, -0.2) is 4.98 Å². The predicted octanol–water partition coefficient (Wildman–Crippen LogP) is 0.769. The van der Waals surface area contributed by atoms with Crippen LogP contribution in [0.3, 0.4) is 0 Å². The maximum absolute atomic E-state index is 12.1. The Balaban J connectivity index is 2.17. The molecule has 17 heavy (non-hydrogen) atoms. The van der Waals surface area contributed by atoms with Crippen LogP contribution in [0.1, 0.15) is 25.3 Å². The monoisotopic (exact) mass is 253 g/mol. The highest BCUT2D eigenvalue weighted by Crippen LogP contribution is 2.16. The van der Waals surface area contributed by atoms with Gasteiger partial charge in [0, 0.05) is 11.6 Å². The van der Waals surface area contributed by atoms with E-state index in [9.17, 15) is 9.59 Å². The number of hydrogen-bond acceptors (Lipinski definition) is 4. The van der Waals surface area contributed by atoms with E-state index < -0.39 is 12.1 Å². The summed E-state index contributed by atoms with van der Waals surface area (Å²) in [6.07, 6.45) is 2.32. The van der Waals surface area contributed by atoms with Crippen molar-refractivity contribution in [2.75, 3.05) is 0 Å². The molecule has 1 aliphatic heterocycles. The molecule has 1 fully saturated rings. The van der Waals surface area contributed by atoms with Gasteiger partial charge < -0.3 is 10.2 Å². The highest BCUT2D eigenvalue weighted by Gasteiger charge is 2.37. The van der Waals surface area contributed by atoms with Gasteiger partial charge in [0.2, 0.25) is 11.8 Å². The van der Waals surface area contributed by atoms with Crippen LogP contribution in [0.25, 0.3) is 0 Å². The van der Waals surface area contributed by atoms with Crippen molar-refractivity contribution in [2.45, 2.75) is 38.9 Å². The number of hydrogen-bond donors (Lipinski definition) is 1. The first-order valence-corrected chi connectivity index (χ1v) is 6.50. The number of aromatic nitrogens is 1. The first-order valence-electron chi connectivity index (χ1n) is 5.62. The van der Waals surface area contributed by atoms with Crippen molar-refractivity contribution in [3.63, 3.8) is 0 Å². The molecule has 2 atom stereocenters. The molecule has 6 heteroatoms. The lowest BCUT2D eigenvalue weighted by Crippen LogP contribution is -2.61. The van der Waals surface area contributed by atoms with Gasteiger partial charge in [0.1, 0.15) is 17.1 Å². The number of rotatable bonds is 3. The van der Waals surface area contributed by atoms with E-state index in [4.69, 9.17) is 0 Å². The van der Waals surface area contributed by atoms with Gasteiger partial charge in [0.05, 0.1) is 6.54 Å². The van der Waals surface area contributed by atoms with E-state index in [0.29, 0.717) is 13.0 Å². The van der Waals surface area contributed by atoms with E-state index in [1.807, 2.05) is 12.3 Å². The Morgan fingerprint density at radius 3 is 2.88 bits per heavy atom. The molecular weight excluding hydrogens is 238 g/mol. The lowest BCUT2D eigenvalue weighted by molar-refractivity contribution is -0.149. The van der Waals surface area contributed by atoms with Gasteiger partial charge in [-0.3, -0.25) is 9.59 Å². The van der Waals surface area contributed by atoms with Crippen molar-refractivity contribution in [2.24, 2.45) is 0 Å². The standard InChI is InChI=1S/C11H15N3O2S/c1-3-8-11(16)14(7(2)10(15)13-8)6-9-12-4-5-17-9/h4-5,7-8H,3,6H2,1-2H3,(H,13,15). The Morgan fingerprint density at radius 2 is 2.29 bits per heavy atom. The fourth-order valence-corrected chi connectivity index (χ4v) is 2.47. The molecule has 1 aliphatic rings. The largest absolute Gasteiger partial charge is 0.343 e. The van der Waals surface area contributed by atoms with Crippen LogP contribution in [-0.2, 0) is 16.1 Å². The number of carbonyl (C=O) groups is 2. The van der Waals surface area contributed by atoms with Gasteiger partial charge in [-0.2, -0.15) is 0 Å². The van der Waals surface area contributed by atoms with Crippen LogP contribution in [0.5, 0.6) is 0 Å². The topological polar surface area (TPSA) is 62.3 Å². The maximum Gasteiger partial charge on any atom is 0.246 e. The van der Waals surface area contributed by atoms with E-state index in [0.717, 1.165) is 5.01 Å². The second-order valence-electron chi connectivity index (χ2n) is 4.04. The lowest BCUT2D eigenvalue weighted by Gasteiger charge is -2.36. The zero-order chi connectivity index (χ0) is 12.4. The Labute approximate surface area is 104 Å². The molecule has 0 spiro atoms. The summed E-state index contributed by atoms with van der Waals surface area (Å²) in [4.78, 5) is 29.6. The van der Waals surface area contributed by atoms with Crippen molar-refractivity contribution >= 4 is 23.2 Å². The predicted molar refractivity (Wildman–Crippen MR) is 64.3 cm³/mol. The maximum atomic E-state index is 12.1. The molecule has 0 saturated carbocycles. The number of carbonyl (C=O) groups excluding carboxylic acids is 2. The summed E-state index contributed by atoms with van der Waals surface area (Å²) in [7, 11) is 0. The number of nitrogens with one attached hydrogen (secondary N) is 1. The van der Waals surface area contributed by atoms with Crippen LogP contribution in [0.15, 0.2) is 11.6 Å². The van der Waals surface area contributed by atoms with E-state index in [2.05, 4.69) is 10.3 Å². The molecule has 2 amide bonds. The first kappa shape index (κ1) is 12.0. The van der Waals surface area contributed by atoms with Gasteiger partial charge in [0.15, 0.2) is 0 Å². The van der Waals surface area contributed by atoms with Gasteiger partial charge in [-0.05, 0) is 13.3 Å². The molecule has 2 unspecified atom stereocenters. The van der Waals surface area contributed by atoms with Crippen molar-refractivity contribution in [3.05, 3.63) is 16.6 Å². The molecule has 1 saturated heterocycles. The number of piperazine rings is 1. The van der Waals surface area contributed by atoms with E-state index >= 15 is 0 Å². The average Bonchev–Trinajstić information content (AvgIpc) is 2.82. The summed E-state index contributed by atoms with van der Waals surface area (Å²) >= 11 is 1.49. The summed E-state index contributed by atoms with van der Waals surface area (Å²) in [5, 5.41) is 5.45. The summed E-state index contributed by atoms with van der Waals surface area (Å²) in [5.41, 5.74) is 0. The fourth-order valence-electron chi connectivity index (χ4n) is 1.85.